The molecule has 2 unspecified atom stereocenters. The largest absolute Gasteiger partial charge is 0.396 e. The van der Waals surface area contributed by atoms with Gasteiger partial charge in [-0.2, -0.15) is 0 Å². The standard InChI is InChI=1S/C10H20O/c1-2-3-5-9-6-4-7-10(9)8-11/h9-11H,2-8H2,1H3. The van der Waals surface area contributed by atoms with Gasteiger partial charge in [-0.05, 0) is 18.3 Å². The van der Waals surface area contributed by atoms with Crippen LogP contribution in [0, 0.1) is 11.8 Å². The second kappa shape index (κ2) is 4.76. The van der Waals surface area contributed by atoms with Gasteiger partial charge in [0.25, 0.3) is 0 Å². The molecule has 1 N–H and O–H groups in total. The quantitative estimate of drug-likeness (QED) is 0.663. The van der Waals surface area contributed by atoms with Crippen molar-refractivity contribution in [3.8, 4) is 0 Å². The Morgan fingerprint density at radius 3 is 2.64 bits per heavy atom. The smallest absolute Gasteiger partial charge is 0.0461 e. The molecule has 1 rings (SSSR count). The summed E-state index contributed by atoms with van der Waals surface area (Å²) in [6.07, 6.45) is 7.98. The van der Waals surface area contributed by atoms with Crippen LogP contribution in [0.4, 0.5) is 0 Å². The second-order valence-electron chi connectivity index (χ2n) is 3.78. The fourth-order valence-corrected chi connectivity index (χ4v) is 2.20. The molecule has 1 fully saturated rings. The van der Waals surface area contributed by atoms with Crippen LogP contribution in [-0.4, -0.2) is 11.7 Å². The van der Waals surface area contributed by atoms with E-state index in [1.54, 1.807) is 0 Å². The van der Waals surface area contributed by atoms with Gasteiger partial charge in [0.15, 0.2) is 0 Å². The maximum absolute atomic E-state index is 9.04. The minimum Gasteiger partial charge on any atom is -0.396 e. The third-order valence-corrected chi connectivity index (χ3v) is 2.98. The van der Waals surface area contributed by atoms with Crippen molar-refractivity contribution >= 4 is 0 Å². The van der Waals surface area contributed by atoms with Crippen LogP contribution >= 0.6 is 0 Å². The van der Waals surface area contributed by atoms with Crippen molar-refractivity contribution in [3.63, 3.8) is 0 Å². The van der Waals surface area contributed by atoms with E-state index in [0.717, 1.165) is 5.92 Å². The number of hydrogen-bond donors (Lipinski definition) is 1. The first-order valence-electron chi connectivity index (χ1n) is 4.99. The van der Waals surface area contributed by atoms with E-state index in [4.69, 9.17) is 5.11 Å². The number of hydrogen-bond acceptors (Lipinski definition) is 1. The fourth-order valence-electron chi connectivity index (χ4n) is 2.20. The first kappa shape index (κ1) is 9.05. The van der Waals surface area contributed by atoms with E-state index < -0.39 is 0 Å². The van der Waals surface area contributed by atoms with Crippen molar-refractivity contribution in [1.29, 1.82) is 0 Å². The molecule has 1 saturated carbocycles. The summed E-state index contributed by atoms with van der Waals surface area (Å²) in [6.45, 7) is 2.66. The SMILES string of the molecule is CCCCC1CCCC1CO. The van der Waals surface area contributed by atoms with Crippen LogP contribution in [0.25, 0.3) is 0 Å². The lowest BCUT2D eigenvalue weighted by atomic mass is 9.92. The molecule has 0 saturated heterocycles. The first-order valence-corrected chi connectivity index (χ1v) is 4.99. The molecule has 0 bridgehead atoms. The highest BCUT2D eigenvalue weighted by Crippen LogP contribution is 2.34. The van der Waals surface area contributed by atoms with Crippen LogP contribution in [0.15, 0.2) is 0 Å². The fraction of sp³-hybridized carbons (Fsp3) is 1.00. The first-order chi connectivity index (χ1) is 5.38. The summed E-state index contributed by atoms with van der Waals surface area (Å²) >= 11 is 0. The van der Waals surface area contributed by atoms with E-state index in [1.807, 2.05) is 0 Å². The molecule has 0 aliphatic heterocycles. The van der Waals surface area contributed by atoms with Crippen LogP contribution in [0.5, 0.6) is 0 Å². The Labute approximate surface area is 69.8 Å². The topological polar surface area (TPSA) is 20.2 Å². The van der Waals surface area contributed by atoms with Gasteiger partial charge in [-0.15, -0.1) is 0 Å². The Morgan fingerprint density at radius 1 is 1.27 bits per heavy atom. The van der Waals surface area contributed by atoms with Crippen molar-refractivity contribution in [2.24, 2.45) is 11.8 Å². The number of rotatable bonds is 4. The molecule has 0 heterocycles. The highest BCUT2D eigenvalue weighted by Gasteiger charge is 2.25. The molecule has 0 amide bonds. The van der Waals surface area contributed by atoms with Crippen LogP contribution < -0.4 is 0 Å². The average Bonchev–Trinajstić information content (AvgIpc) is 2.47. The average molecular weight is 156 g/mol. The van der Waals surface area contributed by atoms with Gasteiger partial charge >= 0.3 is 0 Å². The van der Waals surface area contributed by atoms with Gasteiger partial charge < -0.3 is 5.11 Å². The Balaban J connectivity index is 2.20. The summed E-state index contributed by atoms with van der Waals surface area (Å²) in [4.78, 5) is 0. The Hall–Kier alpha value is -0.0400. The molecule has 0 aromatic rings. The van der Waals surface area contributed by atoms with Gasteiger partial charge in [-0.25, -0.2) is 0 Å². The number of aliphatic hydroxyl groups is 1. The van der Waals surface area contributed by atoms with Crippen molar-refractivity contribution < 1.29 is 5.11 Å². The molecule has 0 spiro atoms. The normalized spacial score (nSPS) is 31.1. The molecule has 1 aliphatic rings. The Bertz CT molecular complexity index is 101. The Morgan fingerprint density at radius 2 is 2.00 bits per heavy atom. The minimum atomic E-state index is 0.425. The minimum absolute atomic E-state index is 0.425. The molecule has 1 aliphatic carbocycles. The third kappa shape index (κ3) is 2.48. The lowest BCUT2D eigenvalue weighted by Crippen LogP contribution is -2.11. The molecule has 0 aromatic heterocycles. The lowest BCUT2D eigenvalue weighted by molar-refractivity contribution is 0.188. The molecule has 1 heteroatoms. The summed E-state index contributed by atoms with van der Waals surface area (Å²) in [7, 11) is 0. The van der Waals surface area contributed by atoms with Crippen molar-refractivity contribution in [2.75, 3.05) is 6.61 Å². The van der Waals surface area contributed by atoms with E-state index in [-0.39, 0.29) is 0 Å². The maximum atomic E-state index is 9.04. The monoisotopic (exact) mass is 156 g/mol. The molecule has 11 heavy (non-hydrogen) atoms. The molecule has 66 valence electrons. The van der Waals surface area contributed by atoms with Gasteiger partial charge in [-0.1, -0.05) is 39.0 Å². The van der Waals surface area contributed by atoms with E-state index in [9.17, 15) is 0 Å². The zero-order valence-corrected chi connectivity index (χ0v) is 7.55. The van der Waals surface area contributed by atoms with E-state index in [0.29, 0.717) is 12.5 Å². The van der Waals surface area contributed by atoms with Gasteiger partial charge in [0.05, 0.1) is 0 Å². The predicted molar refractivity (Wildman–Crippen MR) is 47.4 cm³/mol. The molecular formula is C10H20O. The zero-order valence-electron chi connectivity index (χ0n) is 7.55. The van der Waals surface area contributed by atoms with Crippen LogP contribution in [0.3, 0.4) is 0 Å². The van der Waals surface area contributed by atoms with Gasteiger partial charge in [0.1, 0.15) is 0 Å². The summed E-state index contributed by atoms with van der Waals surface area (Å²) < 4.78 is 0. The van der Waals surface area contributed by atoms with Crippen molar-refractivity contribution in [3.05, 3.63) is 0 Å². The van der Waals surface area contributed by atoms with Crippen LogP contribution in [0.2, 0.25) is 0 Å². The zero-order chi connectivity index (χ0) is 8.10. The van der Waals surface area contributed by atoms with E-state index >= 15 is 0 Å². The van der Waals surface area contributed by atoms with Crippen molar-refractivity contribution in [2.45, 2.75) is 45.4 Å². The van der Waals surface area contributed by atoms with Crippen LogP contribution in [-0.2, 0) is 0 Å². The maximum Gasteiger partial charge on any atom is 0.0461 e. The van der Waals surface area contributed by atoms with E-state index in [1.165, 1.54) is 38.5 Å². The van der Waals surface area contributed by atoms with E-state index in [2.05, 4.69) is 6.92 Å². The summed E-state index contributed by atoms with van der Waals surface area (Å²) in [5, 5.41) is 9.04. The van der Waals surface area contributed by atoms with Crippen LogP contribution in [0.1, 0.15) is 45.4 Å². The summed E-state index contributed by atoms with van der Waals surface area (Å²) in [5.41, 5.74) is 0. The Kier molecular flexibility index (Phi) is 3.92. The molecule has 1 nitrogen and oxygen atoms in total. The summed E-state index contributed by atoms with van der Waals surface area (Å²) in [5.74, 6) is 1.49. The number of unbranched alkanes of at least 4 members (excludes halogenated alkanes) is 1. The predicted octanol–water partition coefficient (Wildman–Crippen LogP) is 2.59. The highest BCUT2D eigenvalue weighted by atomic mass is 16.3. The molecule has 2 atom stereocenters. The second-order valence-corrected chi connectivity index (χ2v) is 3.78. The highest BCUT2D eigenvalue weighted by molar-refractivity contribution is 4.76. The summed E-state index contributed by atoms with van der Waals surface area (Å²) in [6, 6.07) is 0. The van der Waals surface area contributed by atoms with Gasteiger partial charge in [-0.3, -0.25) is 0 Å². The molecule has 0 aromatic carbocycles. The number of aliphatic hydroxyl groups excluding tert-OH is 1. The van der Waals surface area contributed by atoms with Crippen molar-refractivity contribution in [1.82, 2.24) is 0 Å². The van der Waals surface area contributed by atoms with Gasteiger partial charge in [0, 0.05) is 6.61 Å². The molecular weight excluding hydrogens is 136 g/mol. The lowest BCUT2D eigenvalue weighted by Gasteiger charge is -2.16. The van der Waals surface area contributed by atoms with Gasteiger partial charge in [0.2, 0.25) is 0 Å². The molecule has 0 radical (unpaired) electrons. The third-order valence-electron chi connectivity index (χ3n) is 2.98.